The number of para-hydroxylation sites is 1. The lowest BCUT2D eigenvalue weighted by atomic mass is 10.1. The quantitative estimate of drug-likeness (QED) is 0.744. The average molecular weight is 280 g/mol. The Balaban J connectivity index is 1.89. The van der Waals surface area contributed by atoms with Gasteiger partial charge in [-0.15, -0.1) is 0 Å². The van der Waals surface area contributed by atoms with Crippen molar-refractivity contribution >= 4 is 16.6 Å². The molecule has 4 nitrogen and oxygen atoms in total. The number of fused-ring (bicyclic) bond motifs is 1. The van der Waals surface area contributed by atoms with Crippen molar-refractivity contribution in [3.05, 3.63) is 60.3 Å². The van der Waals surface area contributed by atoms with E-state index in [2.05, 4.69) is 4.98 Å². The third-order valence-corrected chi connectivity index (χ3v) is 3.31. The maximum Gasteiger partial charge on any atom is 0.163 e. The van der Waals surface area contributed by atoms with E-state index in [0.29, 0.717) is 23.8 Å². The number of nitrogens with two attached hydrogens (primary N) is 1. The highest BCUT2D eigenvalue weighted by Crippen LogP contribution is 2.30. The molecule has 3 aromatic rings. The number of nitrogen functional groups attached to an aromatic ring is 1. The molecular formula is C17H16N2O2. The maximum atomic E-state index is 5.87. The molecule has 0 fully saturated rings. The summed E-state index contributed by atoms with van der Waals surface area (Å²) >= 11 is 0. The number of methoxy groups -OCH3 is 1. The fourth-order valence-electron chi connectivity index (χ4n) is 2.24. The van der Waals surface area contributed by atoms with Crippen molar-refractivity contribution < 1.29 is 9.47 Å². The highest BCUT2D eigenvalue weighted by Gasteiger charge is 2.07. The van der Waals surface area contributed by atoms with Crippen molar-refractivity contribution in [1.29, 1.82) is 0 Å². The predicted octanol–water partition coefficient (Wildman–Crippen LogP) is 3.40. The van der Waals surface area contributed by atoms with E-state index in [-0.39, 0.29) is 0 Å². The summed E-state index contributed by atoms with van der Waals surface area (Å²) in [5.74, 6) is 1.31. The van der Waals surface area contributed by atoms with Crippen molar-refractivity contribution in [2.75, 3.05) is 12.8 Å². The first-order valence-electron chi connectivity index (χ1n) is 6.67. The Labute approximate surface area is 123 Å². The minimum absolute atomic E-state index is 0.433. The number of rotatable bonds is 4. The Kier molecular flexibility index (Phi) is 3.60. The third-order valence-electron chi connectivity index (χ3n) is 3.31. The summed E-state index contributed by atoms with van der Waals surface area (Å²) in [4.78, 5) is 4.34. The number of anilines is 1. The van der Waals surface area contributed by atoms with Gasteiger partial charge in [0.05, 0.1) is 12.6 Å². The van der Waals surface area contributed by atoms with Crippen molar-refractivity contribution in [1.82, 2.24) is 4.98 Å². The molecule has 2 aromatic carbocycles. The van der Waals surface area contributed by atoms with E-state index in [1.807, 2.05) is 30.3 Å². The molecule has 0 amide bonds. The largest absolute Gasteiger partial charge is 0.493 e. The molecule has 0 radical (unpaired) electrons. The number of pyridine rings is 1. The van der Waals surface area contributed by atoms with Crippen LogP contribution in [0.3, 0.4) is 0 Å². The second-order valence-corrected chi connectivity index (χ2v) is 4.69. The summed E-state index contributed by atoms with van der Waals surface area (Å²) in [5.41, 5.74) is 8.47. The van der Waals surface area contributed by atoms with Gasteiger partial charge in [0.25, 0.3) is 0 Å². The van der Waals surface area contributed by atoms with Crippen LogP contribution < -0.4 is 15.2 Å². The van der Waals surface area contributed by atoms with Crippen LogP contribution in [0.5, 0.6) is 11.5 Å². The van der Waals surface area contributed by atoms with Crippen LogP contribution in [0.25, 0.3) is 10.9 Å². The molecule has 106 valence electrons. The summed E-state index contributed by atoms with van der Waals surface area (Å²) in [6.07, 6.45) is 1.79. The normalized spacial score (nSPS) is 10.5. The van der Waals surface area contributed by atoms with Crippen LogP contribution in [0.1, 0.15) is 5.56 Å². The van der Waals surface area contributed by atoms with E-state index in [9.17, 15) is 0 Å². The second-order valence-electron chi connectivity index (χ2n) is 4.69. The van der Waals surface area contributed by atoms with Gasteiger partial charge < -0.3 is 15.2 Å². The molecule has 0 unspecified atom stereocenters. The van der Waals surface area contributed by atoms with E-state index in [0.717, 1.165) is 16.5 Å². The summed E-state index contributed by atoms with van der Waals surface area (Å²) in [7, 11) is 1.61. The number of hydrogen-bond donors (Lipinski definition) is 1. The van der Waals surface area contributed by atoms with Gasteiger partial charge in [0.2, 0.25) is 0 Å². The molecule has 0 atom stereocenters. The van der Waals surface area contributed by atoms with E-state index in [1.54, 1.807) is 31.5 Å². The SMILES string of the molecule is COc1ccc(N)cc1OCc1ccnc2ccccc12. The van der Waals surface area contributed by atoms with Gasteiger partial charge in [-0.1, -0.05) is 18.2 Å². The van der Waals surface area contributed by atoms with Crippen molar-refractivity contribution in [2.45, 2.75) is 6.61 Å². The molecule has 0 spiro atoms. The van der Waals surface area contributed by atoms with Gasteiger partial charge in [-0.2, -0.15) is 0 Å². The van der Waals surface area contributed by atoms with E-state index in [4.69, 9.17) is 15.2 Å². The predicted molar refractivity (Wildman–Crippen MR) is 83.5 cm³/mol. The maximum absolute atomic E-state index is 5.87. The van der Waals surface area contributed by atoms with Gasteiger partial charge in [0, 0.05) is 28.9 Å². The molecule has 0 aliphatic carbocycles. The Morgan fingerprint density at radius 1 is 1.05 bits per heavy atom. The fourth-order valence-corrected chi connectivity index (χ4v) is 2.24. The van der Waals surface area contributed by atoms with Crippen molar-refractivity contribution in [3.63, 3.8) is 0 Å². The lowest BCUT2D eigenvalue weighted by Gasteiger charge is -2.12. The molecular weight excluding hydrogens is 264 g/mol. The van der Waals surface area contributed by atoms with Gasteiger partial charge in [-0.25, -0.2) is 0 Å². The average Bonchev–Trinajstić information content (AvgIpc) is 2.53. The summed E-state index contributed by atoms with van der Waals surface area (Å²) in [6.45, 7) is 0.433. The minimum Gasteiger partial charge on any atom is -0.493 e. The van der Waals surface area contributed by atoms with Crippen LogP contribution in [0.15, 0.2) is 54.7 Å². The number of aromatic nitrogens is 1. The minimum atomic E-state index is 0.433. The van der Waals surface area contributed by atoms with Crippen molar-refractivity contribution in [2.24, 2.45) is 0 Å². The van der Waals surface area contributed by atoms with E-state index in [1.165, 1.54) is 0 Å². The van der Waals surface area contributed by atoms with Gasteiger partial charge in [0.1, 0.15) is 6.61 Å². The monoisotopic (exact) mass is 280 g/mol. The number of benzene rings is 2. The van der Waals surface area contributed by atoms with Gasteiger partial charge in [-0.3, -0.25) is 4.98 Å². The number of nitrogens with zero attached hydrogens (tertiary/aromatic N) is 1. The molecule has 2 N–H and O–H groups in total. The molecule has 0 aliphatic rings. The van der Waals surface area contributed by atoms with E-state index < -0.39 is 0 Å². The topological polar surface area (TPSA) is 57.4 Å². The molecule has 0 bridgehead atoms. The standard InChI is InChI=1S/C17H16N2O2/c1-20-16-7-6-13(18)10-17(16)21-11-12-8-9-19-15-5-3-2-4-14(12)15/h2-10H,11,18H2,1H3. The molecule has 0 aliphatic heterocycles. The summed E-state index contributed by atoms with van der Waals surface area (Å²) in [6, 6.07) is 15.3. The Bertz CT molecular complexity index is 766. The lowest BCUT2D eigenvalue weighted by molar-refractivity contribution is 0.286. The Morgan fingerprint density at radius 2 is 1.90 bits per heavy atom. The van der Waals surface area contributed by atoms with Crippen LogP contribution in [0, 0.1) is 0 Å². The molecule has 21 heavy (non-hydrogen) atoms. The molecule has 3 rings (SSSR count). The molecule has 0 saturated heterocycles. The van der Waals surface area contributed by atoms with Crippen LogP contribution in [-0.2, 0) is 6.61 Å². The van der Waals surface area contributed by atoms with E-state index >= 15 is 0 Å². The fraction of sp³-hybridized carbons (Fsp3) is 0.118. The molecule has 1 aromatic heterocycles. The van der Waals surface area contributed by atoms with Gasteiger partial charge in [0.15, 0.2) is 11.5 Å². The number of ether oxygens (including phenoxy) is 2. The molecule has 1 heterocycles. The van der Waals surface area contributed by atoms with Crippen LogP contribution in [0.4, 0.5) is 5.69 Å². The summed E-state index contributed by atoms with van der Waals surface area (Å²) < 4.78 is 11.2. The Morgan fingerprint density at radius 3 is 2.76 bits per heavy atom. The second kappa shape index (κ2) is 5.71. The third kappa shape index (κ3) is 2.74. The Hall–Kier alpha value is -2.75. The van der Waals surface area contributed by atoms with Crippen LogP contribution in [0.2, 0.25) is 0 Å². The number of hydrogen-bond acceptors (Lipinski definition) is 4. The first-order chi connectivity index (χ1) is 10.3. The molecule has 0 saturated carbocycles. The van der Waals surface area contributed by atoms with Crippen molar-refractivity contribution in [3.8, 4) is 11.5 Å². The smallest absolute Gasteiger partial charge is 0.163 e. The van der Waals surface area contributed by atoms with Gasteiger partial charge >= 0.3 is 0 Å². The zero-order valence-corrected chi connectivity index (χ0v) is 11.7. The summed E-state index contributed by atoms with van der Waals surface area (Å²) in [5, 5.41) is 1.09. The van der Waals surface area contributed by atoms with Gasteiger partial charge in [-0.05, 0) is 24.3 Å². The molecule has 4 heteroatoms. The zero-order valence-electron chi connectivity index (χ0n) is 11.7. The highest BCUT2D eigenvalue weighted by atomic mass is 16.5. The first-order valence-corrected chi connectivity index (χ1v) is 6.67. The first kappa shape index (κ1) is 13.2. The zero-order chi connectivity index (χ0) is 14.7. The lowest BCUT2D eigenvalue weighted by Crippen LogP contribution is -2.00. The van der Waals surface area contributed by atoms with Crippen LogP contribution in [-0.4, -0.2) is 12.1 Å². The van der Waals surface area contributed by atoms with Crippen LogP contribution >= 0.6 is 0 Å². The highest BCUT2D eigenvalue weighted by molar-refractivity contribution is 5.81.